The normalized spacial score (nSPS) is 18.5. The number of hydrogen-bond acceptors (Lipinski definition) is 9. The summed E-state index contributed by atoms with van der Waals surface area (Å²) >= 11 is 0. The minimum Gasteiger partial charge on any atom is -0.482 e. The summed E-state index contributed by atoms with van der Waals surface area (Å²) in [5, 5.41) is 18.6. The molecule has 1 aromatic heterocycles. The number of fused-ring (bicyclic) bond motifs is 1. The molecule has 1 aliphatic heterocycles. The highest BCUT2D eigenvalue weighted by atomic mass is 16.6. The van der Waals surface area contributed by atoms with Crippen LogP contribution in [0.4, 0.5) is 5.69 Å². The summed E-state index contributed by atoms with van der Waals surface area (Å²) in [6.07, 6.45) is -2.32. The maximum Gasteiger partial charge on any atom is 0.352 e. The SMILES string of the molecule is C[C@H](OC(=O)[C@H]1Oc2ccccc2O[C@H]1C)c1nnc(-c2ccc([N+](=O)[O-])cc2)o1. The molecule has 1 aliphatic rings. The fourth-order valence-electron chi connectivity index (χ4n) is 2.91. The number of ether oxygens (including phenoxy) is 3. The van der Waals surface area contributed by atoms with Crippen LogP contribution in [0.1, 0.15) is 25.8 Å². The van der Waals surface area contributed by atoms with E-state index in [0.29, 0.717) is 17.1 Å². The van der Waals surface area contributed by atoms with E-state index in [1.165, 1.54) is 24.3 Å². The summed E-state index contributed by atoms with van der Waals surface area (Å²) < 4.78 is 22.4. The minimum absolute atomic E-state index is 0.0498. The van der Waals surface area contributed by atoms with E-state index in [9.17, 15) is 14.9 Å². The molecule has 0 saturated heterocycles. The van der Waals surface area contributed by atoms with E-state index in [-0.39, 0.29) is 17.5 Å². The Morgan fingerprint density at radius 2 is 1.77 bits per heavy atom. The van der Waals surface area contributed by atoms with E-state index in [1.54, 1.807) is 32.0 Å². The van der Waals surface area contributed by atoms with Crippen molar-refractivity contribution in [2.24, 2.45) is 0 Å². The van der Waals surface area contributed by atoms with E-state index < -0.39 is 29.2 Å². The van der Waals surface area contributed by atoms with Crippen LogP contribution in [0.15, 0.2) is 52.9 Å². The number of nitrogens with zero attached hydrogens (tertiary/aromatic N) is 3. The Morgan fingerprint density at radius 1 is 1.10 bits per heavy atom. The largest absolute Gasteiger partial charge is 0.482 e. The van der Waals surface area contributed by atoms with Gasteiger partial charge in [-0.1, -0.05) is 12.1 Å². The second-order valence-electron chi connectivity index (χ2n) is 6.64. The molecular formula is C20H17N3O7. The zero-order valence-electron chi connectivity index (χ0n) is 16.1. The first-order valence-electron chi connectivity index (χ1n) is 9.13. The number of non-ortho nitro benzene ring substituents is 1. The van der Waals surface area contributed by atoms with Crippen LogP contribution >= 0.6 is 0 Å². The number of hydrogen-bond donors (Lipinski definition) is 0. The first kappa shape index (κ1) is 19.4. The number of benzene rings is 2. The topological polar surface area (TPSA) is 127 Å². The number of aromatic nitrogens is 2. The number of para-hydroxylation sites is 2. The Labute approximate surface area is 170 Å². The van der Waals surface area contributed by atoms with Crippen LogP contribution in [0, 0.1) is 10.1 Å². The van der Waals surface area contributed by atoms with Crippen molar-refractivity contribution in [1.29, 1.82) is 0 Å². The molecule has 2 heterocycles. The molecule has 0 amide bonds. The third-order valence-electron chi connectivity index (χ3n) is 4.48. The molecule has 0 spiro atoms. The molecule has 154 valence electrons. The Kier molecular flexibility index (Phi) is 5.05. The van der Waals surface area contributed by atoms with Gasteiger partial charge in [0.1, 0.15) is 6.10 Å². The molecule has 30 heavy (non-hydrogen) atoms. The second-order valence-corrected chi connectivity index (χ2v) is 6.64. The number of nitro benzene ring substituents is 1. The molecule has 0 radical (unpaired) electrons. The van der Waals surface area contributed by atoms with E-state index in [4.69, 9.17) is 18.6 Å². The number of esters is 1. The average Bonchev–Trinajstić information content (AvgIpc) is 3.23. The lowest BCUT2D eigenvalue weighted by molar-refractivity contribution is -0.384. The highest BCUT2D eigenvalue weighted by Crippen LogP contribution is 2.34. The Balaban J connectivity index is 1.43. The van der Waals surface area contributed by atoms with Gasteiger partial charge in [-0.3, -0.25) is 10.1 Å². The zero-order valence-corrected chi connectivity index (χ0v) is 16.1. The van der Waals surface area contributed by atoms with Crippen molar-refractivity contribution >= 4 is 11.7 Å². The van der Waals surface area contributed by atoms with E-state index in [0.717, 1.165) is 0 Å². The third kappa shape index (κ3) is 3.79. The number of rotatable bonds is 5. The van der Waals surface area contributed by atoms with Crippen LogP contribution in [0.3, 0.4) is 0 Å². The lowest BCUT2D eigenvalue weighted by atomic mass is 10.2. The van der Waals surface area contributed by atoms with Crippen molar-refractivity contribution in [3.05, 3.63) is 64.5 Å². The highest BCUT2D eigenvalue weighted by Gasteiger charge is 2.36. The Hall–Kier alpha value is -3.95. The fourth-order valence-corrected chi connectivity index (χ4v) is 2.91. The molecule has 4 rings (SSSR count). The summed E-state index contributed by atoms with van der Waals surface area (Å²) in [6.45, 7) is 3.30. The van der Waals surface area contributed by atoms with Crippen molar-refractivity contribution in [2.75, 3.05) is 0 Å². The van der Waals surface area contributed by atoms with E-state index in [1.807, 2.05) is 6.07 Å². The predicted molar refractivity (Wildman–Crippen MR) is 102 cm³/mol. The Morgan fingerprint density at radius 3 is 2.43 bits per heavy atom. The first-order chi connectivity index (χ1) is 14.4. The number of carbonyl (C=O) groups excluding carboxylic acids is 1. The molecule has 0 fully saturated rings. The lowest BCUT2D eigenvalue weighted by Gasteiger charge is -2.30. The molecule has 10 heteroatoms. The van der Waals surface area contributed by atoms with Crippen molar-refractivity contribution in [3.8, 4) is 23.0 Å². The molecular weight excluding hydrogens is 394 g/mol. The molecule has 3 atom stereocenters. The molecule has 10 nitrogen and oxygen atoms in total. The van der Waals surface area contributed by atoms with Crippen molar-refractivity contribution in [3.63, 3.8) is 0 Å². The van der Waals surface area contributed by atoms with Gasteiger partial charge in [0.15, 0.2) is 17.6 Å². The summed E-state index contributed by atoms with van der Waals surface area (Å²) in [5.41, 5.74) is 0.457. The maximum absolute atomic E-state index is 12.6. The fraction of sp³-hybridized carbons (Fsp3) is 0.250. The standard InChI is InChI=1S/C20H17N3O7/c1-11-17(29-16-6-4-3-5-15(16)27-11)20(24)28-12(2)18-21-22-19(30-18)13-7-9-14(10-8-13)23(25)26/h3-12,17H,1-2H3/t11-,12-,17-/m0/s1. The quantitative estimate of drug-likeness (QED) is 0.352. The molecule has 0 unspecified atom stereocenters. The van der Waals surface area contributed by atoms with Gasteiger partial charge in [-0.2, -0.15) is 0 Å². The van der Waals surface area contributed by atoms with Crippen LogP contribution in [-0.4, -0.2) is 33.3 Å². The third-order valence-corrected chi connectivity index (χ3v) is 4.48. The second kappa shape index (κ2) is 7.82. The van der Waals surface area contributed by atoms with E-state index >= 15 is 0 Å². The summed E-state index contributed by atoms with van der Waals surface area (Å²) in [7, 11) is 0. The summed E-state index contributed by atoms with van der Waals surface area (Å²) in [6, 6.07) is 12.7. The van der Waals surface area contributed by atoms with Crippen LogP contribution in [-0.2, 0) is 9.53 Å². The molecule has 0 bridgehead atoms. The number of nitro groups is 1. The van der Waals surface area contributed by atoms with Gasteiger partial charge in [0.2, 0.25) is 12.0 Å². The molecule has 0 aliphatic carbocycles. The van der Waals surface area contributed by atoms with Crippen molar-refractivity contribution in [1.82, 2.24) is 10.2 Å². The molecule has 0 saturated carbocycles. The maximum atomic E-state index is 12.6. The van der Waals surface area contributed by atoms with Crippen LogP contribution in [0.5, 0.6) is 11.5 Å². The van der Waals surface area contributed by atoms with Gasteiger partial charge in [-0.15, -0.1) is 10.2 Å². The van der Waals surface area contributed by atoms with Crippen LogP contribution in [0.2, 0.25) is 0 Å². The van der Waals surface area contributed by atoms with Gasteiger partial charge in [-0.05, 0) is 38.1 Å². The molecule has 0 N–H and O–H groups in total. The Bertz CT molecular complexity index is 1080. The van der Waals surface area contributed by atoms with Crippen molar-refractivity contribution in [2.45, 2.75) is 32.2 Å². The summed E-state index contributed by atoms with van der Waals surface area (Å²) in [4.78, 5) is 22.9. The minimum atomic E-state index is -0.945. The van der Waals surface area contributed by atoms with Crippen molar-refractivity contribution < 1.29 is 28.3 Å². The van der Waals surface area contributed by atoms with Gasteiger partial charge in [0.05, 0.1) is 4.92 Å². The van der Waals surface area contributed by atoms with Gasteiger partial charge in [0.25, 0.3) is 11.6 Å². The lowest BCUT2D eigenvalue weighted by Crippen LogP contribution is -2.44. The smallest absolute Gasteiger partial charge is 0.352 e. The zero-order chi connectivity index (χ0) is 21.3. The molecule has 2 aromatic carbocycles. The van der Waals surface area contributed by atoms with Gasteiger partial charge < -0.3 is 18.6 Å². The van der Waals surface area contributed by atoms with E-state index in [2.05, 4.69) is 10.2 Å². The van der Waals surface area contributed by atoms with Gasteiger partial charge in [0, 0.05) is 17.7 Å². The predicted octanol–water partition coefficient (Wildman–Crippen LogP) is 3.48. The van der Waals surface area contributed by atoms with Crippen LogP contribution in [0.25, 0.3) is 11.5 Å². The average molecular weight is 411 g/mol. The van der Waals surface area contributed by atoms with Crippen LogP contribution < -0.4 is 9.47 Å². The van der Waals surface area contributed by atoms with Gasteiger partial charge >= 0.3 is 5.97 Å². The molecule has 3 aromatic rings. The monoisotopic (exact) mass is 411 g/mol. The number of carbonyl (C=O) groups is 1. The summed E-state index contributed by atoms with van der Waals surface area (Å²) in [5.74, 6) is 0.638. The highest BCUT2D eigenvalue weighted by molar-refractivity contribution is 5.76. The van der Waals surface area contributed by atoms with Gasteiger partial charge in [-0.25, -0.2) is 4.79 Å². The first-order valence-corrected chi connectivity index (χ1v) is 9.13.